The van der Waals surface area contributed by atoms with Crippen LogP contribution in [0.2, 0.25) is 5.02 Å². The molecule has 9 heteroatoms. The van der Waals surface area contributed by atoms with E-state index >= 15 is 0 Å². The average Bonchev–Trinajstić information content (AvgIpc) is 2.88. The fourth-order valence-electron chi connectivity index (χ4n) is 3.75. The van der Waals surface area contributed by atoms with Crippen molar-refractivity contribution in [2.75, 3.05) is 38.4 Å². The summed E-state index contributed by atoms with van der Waals surface area (Å²) in [5, 5.41) is 7.26. The predicted molar refractivity (Wildman–Crippen MR) is 143 cm³/mol. The van der Waals surface area contributed by atoms with E-state index < -0.39 is 0 Å². The fraction of sp³-hybridized carbons (Fsp3) is 0.292. The highest BCUT2D eigenvalue weighted by Crippen LogP contribution is 2.36. The Morgan fingerprint density at radius 2 is 2.03 bits per heavy atom. The van der Waals surface area contributed by atoms with Gasteiger partial charge in [-0.05, 0) is 69.4 Å². The molecule has 0 fully saturated rings. The van der Waals surface area contributed by atoms with Gasteiger partial charge in [-0.1, -0.05) is 29.9 Å². The zero-order valence-electron chi connectivity index (χ0n) is 18.8. The Bertz CT molecular complexity index is 1160. The maximum absolute atomic E-state index is 6.20. The van der Waals surface area contributed by atoms with E-state index in [0.717, 1.165) is 53.3 Å². The lowest BCUT2D eigenvalue weighted by molar-refractivity contribution is 0.400. The molecule has 4 rings (SSSR count). The molecule has 0 aliphatic carbocycles. The molecular formula is C24H27Cl2N5OS. The molecule has 0 unspecified atom stereocenters. The molecule has 1 aromatic heterocycles. The molecule has 2 heterocycles. The van der Waals surface area contributed by atoms with Gasteiger partial charge in [-0.2, -0.15) is 0 Å². The van der Waals surface area contributed by atoms with E-state index in [1.807, 2.05) is 30.5 Å². The van der Waals surface area contributed by atoms with Crippen molar-refractivity contribution < 1.29 is 4.74 Å². The smallest absolute Gasteiger partial charge is 0.227 e. The number of benzene rings is 2. The van der Waals surface area contributed by atoms with Gasteiger partial charge >= 0.3 is 0 Å². The molecule has 0 amide bonds. The van der Waals surface area contributed by atoms with E-state index in [4.69, 9.17) is 33.5 Å². The van der Waals surface area contributed by atoms with Crippen molar-refractivity contribution in [3.05, 3.63) is 58.7 Å². The van der Waals surface area contributed by atoms with E-state index in [9.17, 15) is 0 Å². The number of fused-ring (bicyclic) bond motifs is 3. The first-order chi connectivity index (χ1) is 15.4. The predicted octanol–water partition coefficient (Wildman–Crippen LogP) is 5.76. The number of aryl methyl sites for hydroxylation is 1. The Balaban J connectivity index is 0.00000306. The highest BCUT2D eigenvalue weighted by molar-refractivity contribution is 7.80. The first kappa shape index (κ1) is 25.2. The van der Waals surface area contributed by atoms with Gasteiger partial charge in [-0.25, -0.2) is 9.97 Å². The van der Waals surface area contributed by atoms with E-state index in [1.165, 1.54) is 5.56 Å². The molecule has 1 aliphatic rings. The van der Waals surface area contributed by atoms with Crippen LogP contribution in [0.5, 0.6) is 5.75 Å². The van der Waals surface area contributed by atoms with Gasteiger partial charge in [-0.15, -0.1) is 12.4 Å². The standard InChI is InChI=1S/C24H26ClN5OS.ClH/c1-30(2)10-4-5-15-6-9-21(31-3)20(11-15)28-24-26-14-16-12-22(32)27-19-13-17(25)7-8-18(19)23(16)29-24;/h6-9,11,13-14H,4-5,10,12H2,1-3H3,(H,27,32)(H,26,28,29);1H. The second-order valence-corrected chi connectivity index (χ2v) is 8.98. The lowest BCUT2D eigenvalue weighted by Crippen LogP contribution is -2.13. The van der Waals surface area contributed by atoms with Gasteiger partial charge in [0.2, 0.25) is 5.95 Å². The summed E-state index contributed by atoms with van der Waals surface area (Å²) in [6.45, 7) is 1.04. The first-order valence-corrected chi connectivity index (χ1v) is 11.3. The van der Waals surface area contributed by atoms with Gasteiger partial charge in [0.1, 0.15) is 5.75 Å². The number of halogens is 2. The second kappa shape index (κ2) is 11.1. The zero-order valence-corrected chi connectivity index (χ0v) is 21.2. The maximum atomic E-state index is 6.20. The monoisotopic (exact) mass is 503 g/mol. The number of rotatable bonds is 7. The SMILES string of the molecule is COc1ccc(CCCN(C)C)cc1Nc1ncc2c(n1)-c1ccc(Cl)cc1NC(=S)C2.Cl. The summed E-state index contributed by atoms with van der Waals surface area (Å²) >= 11 is 11.7. The number of hydrogen-bond donors (Lipinski definition) is 2. The van der Waals surface area contributed by atoms with Gasteiger partial charge in [0.25, 0.3) is 0 Å². The topological polar surface area (TPSA) is 62.3 Å². The number of nitrogens with one attached hydrogen (secondary N) is 2. The van der Waals surface area contributed by atoms with E-state index in [-0.39, 0.29) is 12.4 Å². The lowest BCUT2D eigenvalue weighted by atomic mass is 10.1. The maximum Gasteiger partial charge on any atom is 0.227 e. The lowest BCUT2D eigenvalue weighted by Gasteiger charge is -2.14. The number of methoxy groups -OCH3 is 1. The fourth-order valence-corrected chi connectivity index (χ4v) is 4.19. The number of aromatic nitrogens is 2. The second-order valence-electron chi connectivity index (χ2n) is 8.05. The summed E-state index contributed by atoms with van der Waals surface area (Å²) in [4.78, 5) is 12.3. The quantitative estimate of drug-likeness (QED) is 0.397. The molecule has 1 aliphatic heterocycles. The van der Waals surface area contributed by atoms with Gasteiger partial charge in [0.05, 0.1) is 23.5 Å². The van der Waals surface area contributed by atoms with Crippen LogP contribution in [0.15, 0.2) is 42.6 Å². The Labute approximate surface area is 211 Å². The summed E-state index contributed by atoms with van der Waals surface area (Å²) in [5.41, 5.74) is 5.68. The minimum atomic E-state index is 0. The van der Waals surface area contributed by atoms with Gasteiger partial charge in [0.15, 0.2) is 0 Å². The summed E-state index contributed by atoms with van der Waals surface area (Å²) < 4.78 is 5.56. The van der Waals surface area contributed by atoms with Crippen LogP contribution in [-0.4, -0.2) is 47.6 Å². The highest BCUT2D eigenvalue weighted by atomic mass is 35.5. The molecule has 33 heavy (non-hydrogen) atoms. The van der Waals surface area contributed by atoms with Crippen LogP contribution in [0.3, 0.4) is 0 Å². The number of thiocarbonyl (C=S) groups is 1. The van der Waals surface area contributed by atoms with Crippen molar-refractivity contribution in [1.29, 1.82) is 0 Å². The van der Waals surface area contributed by atoms with Crippen LogP contribution in [0.1, 0.15) is 17.5 Å². The molecule has 2 aromatic carbocycles. The third-order valence-electron chi connectivity index (χ3n) is 5.31. The highest BCUT2D eigenvalue weighted by Gasteiger charge is 2.20. The molecule has 6 nitrogen and oxygen atoms in total. The van der Waals surface area contributed by atoms with E-state index in [2.05, 4.69) is 46.7 Å². The molecule has 0 saturated carbocycles. The third-order valence-corrected chi connectivity index (χ3v) is 5.79. The number of anilines is 3. The van der Waals surface area contributed by atoms with Crippen LogP contribution in [0.4, 0.5) is 17.3 Å². The van der Waals surface area contributed by atoms with Crippen molar-refractivity contribution in [3.63, 3.8) is 0 Å². The van der Waals surface area contributed by atoms with E-state index in [0.29, 0.717) is 22.4 Å². The minimum absolute atomic E-state index is 0. The first-order valence-electron chi connectivity index (χ1n) is 10.5. The molecular weight excluding hydrogens is 477 g/mol. The van der Waals surface area contributed by atoms with Crippen LogP contribution >= 0.6 is 36.2 Å². The summed E-state index contributed by atoms with van der Waals surface area (Å²) in [7, 11) is 5.84. The van der Waals surface area contributed by atoms with Gasteiger partial charge < -0.3 is 20.3 Å². The zero-order chi connectivity index (χ0) is 22.7. The summed E-state index contributed by atoms with van der Waals surface area (Å²) in [5.74, 6) is 1.25. The molecule has 0 atom stereocenters. The van der Waals surface area contributed by atoms with Crippen LogP contribution in [0.25, 0.3) is 11.3 Å². The largest absolute Gasteiger partial charge is 0.495 e. The number of nitrogens with zero attached hydrogens (tertiary/aromatic N) is 3. The third kappa shape index (κ3) is 6.12. The molecule has 0 radical (unpaired) electrons. The number of ether oxygens (including phenoxy) is 1. The Hall–Kier alpha value is -2.45. The Morgan fingerprint density at radius 3 is 2.79 bits per heavy atom. The van der Waals surface area contributed by atoms with Crippen LogP contribution in [0, 0.1) is 0 Å². The molecule has 174 valence electrons. The van der Waals surface area contributed by atoms with Crippen molar-refractivity contribution in [1.82, 2.24) is 14.9 Å². The van der Waals surface area contributed by atoms with Crippen molar-refractivity contribution in [2.24, 2.45) is 0 Å². The van der Waals surface area contributed by atoms with Crippen molar-refractivity contribution >= 4 is 58.5 Å². The van der Waals surface area contributed by atoms with Crippen molar-refractivity contribution in [3.8, 4) is 17.0 Å². The number of hydrogen-bond acceptors (Lipinski definition) is 6. The van der Waals surface area contributed by atoms with E-state index in [1.54, 1.807) is 7.11 Å². The summed E-state index contributed by atoms with van der Waals surface area (Å²) in [6.07, 6.45) is 4.47. The van der Waals surface area contributed by atoms with Crippen LogP contribution < -0.4 is 15.4 Å². The summed E-state index contributed by atoms with van der Waals surface area (Å²) in [6, 6.07) is 11.9. The molecule has 3 aromatic rings. The average molecular weight is 504 g/mol. The Morgan fingerprint density at radius 1 is 1.21 bits per heavy atom. The van der Waals surface area contributed by atoms with Gasteiger partial charge in [0, 0.05) is 34.5 Å². The van der Waals surface area contributed by atoms with Crippen molar-refractivity contribution in [2.45, 2.75) is 19.3 Å². The molecule has 0 bridgehead atoms. The van der Waals surface area contributed by atoms with Gasteiger partial charge in [-0.3, -0.25) is 0 Å². The minimum Gasteiger partial charge on any atom is -0.495 e. The van der Waals surface area contributed by atoms with Crippen LogP contribution in [-0.2, 0) is 12.8 Å². The molecule has 2 N–H and O–H groups in total. The molecule has 0 spiro atoms. The molecule has 0 saturated heterocycles. The normalized spacial score (nSPS) is 12.2. The Kier molecular flexibility index (Phi) is 8.48.